The molecule has 1 heterocycles. The highest BCUT2D eigenvalue weighted by Gasteiger charge is 2.16. The predicted octanol–water partition coefficient (Wildman–Crippen LogP) is 2.33. The number of amides is 1. The molecule has 1 amide bonds. The monoisotopic (exact) mass is 320 g/mol. The molecule has 22 heavy (non-hydrogen) atoms. The topological polar surface area (TPSA) is 88.5 Å². The van der Waals surface area contributed by atoms with Crippen LogP contribution in [-0.2, 0) is 4.79 Å². The van der Waals surface area contributed by atoms with Gasteiger partial charge in [0.15, 0.2) is 0 Å². The fraction of sp³-hybridized carbons (Fsp3) is 0.267. The van der Waals surface area contributed by atoms with Crippen LogP contribution in [0.1, 0.15) is 22.3 Å². The first-order chi connectivity index (χ1) is 10.5. The van der Waals surface area contributed by atoms with Crippen molar-refractivity contribution in [2.75, 3.05) is 13.2 Å². The molecule has 0 spiro atoms. The highest BCUT2D eigenvalue weighted by molar-refractivity contribution is 7.17. The number of carbonyl (C=O) groups excluding carboxylic acids is 1. The van der Waals surface area contributed by atoms with E-state index in [1.54, 1.807) is 6.92 Å². The molecule has 0 saturated heterocycles. The van der Waals surface area contributed by atoms with Gasteiger partial charge in [-0.15, -0.1) is 11.3 Å². The maximum atomic E-state index is 11.9. The van der Waals surface area contributed by atoms with Crippen molar-refractivity contribution in [3.63, 3.8) is 0 Å². The third-order valence-electron chi connectivity index (χ3n) is 2.82. The first kappa shape index (κ1) is 16.0. The van der Waals surface area contributed by atoms with E-state index in [9.17, 15) is 9.59 Å². The number of hydrogen-bond donors (Lipinski definition) is 2. The Morgan fingerprint density at radius 2 is 2.00 bits per heavy atom. The highest BCUT2D eigenvalue weighted by Crippen LogP contribution is 2.29. The summed E-state index contributed by atoms with van der Waals surface area (Å²) in [6.07, 6.45) is 0. The Kier molecular flexibility index (Phi) is 5.11. The van der Waals surface area contributed by atoms with Crippen LogP contribution in [0, 0.1) is 6.92 Å². The summed E-state index contributed by atoms with van der Waals surface area (Å²) >= 11 is 1.23. The van der Waals surface area contributed by atoms with Crippen molar-refractivity contribution in [2.45, 2.75) is 13.8 Å². The number of carbonyl (C=O) groups is 2. The zero-order valence-electron chi connectivity index (χ0n) is 12.3. The molecule has 0 fully saturated rings. The molecule has 1 aromatic heterocycles. The lowest BCUT2D eigenvalue weighted by atomic mass is 10.2. The number of hydrogen-bond acceptors (Lipinski definition) is 5. The van der Waals surface area contributed by atoms with Gasteiger partial charge in [-0.25, -0.2) is 4.98 Å². The van der Waals surface area contributed by atoms with E-state index >= 15 is 0 Å². The number of carboxylic acid groups (broad SMARTS) is 1. The molecule has 0 aliphatic heterocycles. The van der Waals surface area contributed by atoms with Crippen LogP contribution in [0.15, 0.2) is 24.3 Å². The zero-order chi connectivity index (χ0) is 16.1. The Labute approximate surface area is 131 Å². The quantitative estimate of drug-likeness (QED) is 0.853. The number of aromatic nitrogens is 1. The molecule has 116 valence electrons. The van der Waals surface area contributed by atoms with E-state index < -0.39 is 18.4 Å². The van der Waals surface area contributed by atoms with Crippen molar-refractivity contribution >= 4 is 23.2 Å². The maximum Gasteiger partial charge on any atom is 0.322 e. The second-order valence-corrected chi connectivity index (χ2v) is 5.47. The van der Waals surface area contributed by atoms with Crippen molar-refractivity contribution < 1.29 is 19.4 Å². The Bertz CT molecular complexity index is 679. The number of aryl methyl sites for hydroxylation is 1. The number of benzene rings is 1. The fourth-order valence-corrected chi connectivity index (χ4v) is 2.82. The second-order valence-electron chi connectivity index (χ2n) is 4.47. The van der Waals surface area contributed by atoms with Crippen LogP contribution in [-0.4, -0.2) is 35.1 Å². The van der Waals surface area contributed by atoms with Crippen LogP contribution < -0.4 is 10.1 Å². The normalized spacial score (nSPS) is 10.3. The van der Waals surface area contributed by atoms with Gasteiger partial charge < -0.3 is 15.2 Å². The van der Waals surface area contributed by atoms with Gasteiger partial charge in [-0.1, -0.05) is 0 Å². The standard InChI is InChI=1S/C15H16N2O4S/c1-3-21-11-6-4-10(5-7-11)15-17-9(2)13(22-15)14(20)16-8-12(18)19/h4-7H,3,8H2,1-2H3,(H,16,20)(H,18,19). The van der Waals surface area contributed by atoms with Crippen LogP contribution in [0.2, 0.25) is 0 Å². The van der Waals surface area contributed by atoms with Crippen LogP contribution >= 0.6 is 11.3 Å². The number of rotatable bonds is 6. The Morgan fingerprint density at radius 3 is 2.59 bits per heavy atom. The van der Waals surface area contributed by atoms with Crippen LogP contribution in [0.25, 0.3) is 10.6 Å². The molecule has 2 aromatic rings. The summed E-state index contributed by atoms with van der Waals surface area (Å²) in [5, 5.41) is 11.6. The molecule has 2 rings (SSSR count). The number of nitrogens with one attached hydrogen (secondary N) is 1. The van der Waals surface area contributed by atoms with Gasteiger partial charge in [0.2, 0.25) is 0 Å². The summed E-state index contributed by atoms with van der Waals surface area (Å²) in [7, 11) is 0. The van der Waals surface area contributed by atoms with Gasteiger partial charge in [0.05, 0.1) is 12.3 Å². The summed E-state index contributed by atoms with van der Waals surface area (Å²) in [5.74, 6) is -0.726. The van der Waals surface area contributed by atoms with Gasteiger partial charge in [-0.3, -0.25) is 9.59 Å². The molecule has 0 aliphatic carbocycles. The summed E-state index contributed by atoms with van der Waals surface area (Å²) in [5.41, 5.74) is 1.46. The SMILES string of the molecule is CCOc1ccc(-c2nc(C)c(C(=O)NCC(=O)O)s2)cc1. The van der Waals surface area contributed by atoms with Crippen molar-refractivity contribution in [1.82, 2.24) is 10.3 Å². The van der Waals surface area contributed by atoms with Gasteiger partial charge in [0.1, 0.15) is 22.2 Å². The molecule has 0 radical (unpaired) electrons. The Hall–Kier alpha value is -2.41. The average molecular weight is 320 g/mol. The summed E-state index contributed by atoms with van der Waals surface area (Å²) in [6.45, 7) is 3.84. The third kappa shape index (κ3) is 3.82. The van der Waals surface area contributed by atoms with Gasteiger partial charge >= 0.3 is 5.97 Å². The van der Waals surface area contributed by atoms with Gasteiger partial charge in [0, 0.05) is 5.56 Å². The second kappa shape index (κ2) is 7.04. The van der Waals surface area contributed by atoms with Gasteiger partial charge in [0.25, 0.3) is 5.91 Å². The molecule has 7 heteroatoms. The molecule has 1 aromatic carbocycles. The zero-order valence-corrected chi connectivity index (χ0v) is 13.1. The summed E-state index contributed by atoms with van der Waals surface area (Å²) in [4.78, 5) is 27.2. The van der Waals surface area contributed by atoms with E-state index in [1.807, 2.05) is 31.2 Å². The minimum atomic E-state index is -1.08. The summed E-state index contributed by atoms with van der Waals surface area (Å²) < 4.78 is 5.38. The van der Waals surface area contributed by atoms with E-state index in [4.69, 9.17) is 9.84 Å². The summed E-state index contributed by atoms with van der Waals surface area (Å²) in [6, 6.07) is 7.45. The van der Waals surface area contributed by atoms with Crippen LogP contribution in [0.4, 0.5) is 0 Å². The predicted molar refractivity (Wildman–Crippen MR) is 83.4 cm³/mol. The van der Waals surface area contributed by atoms with Crippen molar-refractivity contribution in [2.24, 2.45) is 0 Å². The molecular weight excluding hydrogens is 304 g/mol. The van der Waals surface area contributed by atoms with E-state index in [2.05, 4.69) is 10.3 Å². The number of aliphatic carboxylic acids is 1. The minimum Gasteiger partial charge on any atom is -0.494 e. The number of thiazole rings is 1. The fourth-order valence-electron chi connectivity index (χ4n) is 1.83. The molecule has 0 saturated carbocycles. The molecule has 6 nitrogen and oxygen atoms in total. The molecule has 0 unspecified atom stereocenters. The average Bonchev–Trinajstić information content (AvgIpc) is 2.88. The largest absolute Gasteiger partial charge is 0.494 e. The van der Waals surface area contributed by atoms with Gasteiger partial charge in [-0.05, 0) is 38.1 Å². The molecule has 0 aliphatic rings. The number of carboxylic acids is 1. The van der Waals surface area contributed by atoms with E-state index in [1.165, 1.54) is 11.3 Å². The highest BCUT2D eigenvalue weighted by atomic mass is 32.1. The van der Waals surface area contributed by atoms with Crippen LogP contribution in [0.5, 0.6) is 5.75 Å². The van der Waals surface area contributed by atoms with E-state index in [0.29, 0.717) is 22.2 Å². The Morgan fingerprint density at radius 1 is 1.32 bits per heavy atom. The minimum absolute atomic E-state index is 0.408. The van der Waals surface area contributed by atoms with Crippen molar-refractivity contribution in [3.8, 4) is 16.3 Å². The first-order valence-corrected chi connectivity index (χ1v) is 7.53. The number of ether oxygens (including phenoxy) is 1. The van der Waals surface area contributed by atoms with Gasteiger partial charge in [-0.2, -0.15) is 0 Å². The lowest BCUT2D eigenvalue weighted by Crippen LogP contribution is -2.29. The lowest BCUT2D eigenvalue weighted by Gasteiger charge is -2.02. The van der Waals surface area contributed by atoms with Crippen molar-refractivity contribution in [3.05, 3.63) is 34.8 Å². The molecule has 2 N–H and O–H groups in total. The first-order valence-electron chi connectivity index (χ1n) is 6.72. The molecule has 0 atom stereocenters. The van der Waals surface area contributed by atoms with Crippen LogP contribution in [0.3, 0.4) is 0 Å². The maximum absolute atomic E-state index is 11.9. The lowest BCUT2D eigenvalue weighted by molar-refractivity contribution is -0.135. The Balaban J connectivity index is 2.18. The number of nitrogens with zero attached hydrogens (tertiary/aromatic N) is 1. The smallest absolute Gasteiger partial charge is 0.322 e. The van der Waals surface area contributed by atoms with Crippen molar-refractivity contribution in [1.29, 1.82) is 0 Å². The van der Waals surface area contributed by atoms with E-state index in [0.717, 1.165) is 11.3 Å². The molecule has 0 bridgehead atoms. The van der Waals surface area contributed by atoms with E-state index in [-0.39, 0.29) is 0 Å². The molecular formula is C15H16N2O4S. The third-order valence-corrected chi connectivity index (χ3v) is 4.02.